The molecule has 0 saturated heterocycles. The maximum Gasteiger partial charge on any atom is 0.337 e. The molecule has 0 spiro atoms. The number of nitrogens with zero attached hydrogens (tertiary/aromatic N) is 2. The van der Waals surface area contributed by atoms with Gasteiger partial charge in [0.05, 0.1) is 5.56 Å². The van der Waals surface area contributed by atoms with E-state index in [4.69, 9.17) is 5.11 Å². The number of rotatable bonds is 4. The van der Waals surface area contributed by atoms with Gasteiger partial charge in [0.15, 0.2) is 0 Å². The van der Waals surface area contributed by atoms with Gasteiger partial charge >= 0.3 is 5.97 Å². The normalized spacial score (nSPS) is 11.2. The van der Waals surface area contributed by atoms with Crippen molar-refractivity contribution in [3.63, 3.8) is 0 Å². The van der Waals surface area contributed by atoms with E-state index in [1.807, 2.05) is 0 Å². The van der Waals surface area contributed by atoms with E-state index in [9.17, 15) is 13.2 Å². The number of pyridine rings is 1. The van der Waals surface area contributed by atoms with Crippen LogP contribution in [0.1, 0.15) is 10.4 Å². The Morgan fingerprint density at radius 3 is 2.58 bits per heavy atom. The van der Waals surface area contributed by atoms with Gasteiger partial charge in [-0.25, -0.2) is 18.2 Å². The molecule has 0 atom stereocenters. The number of aromatic nitrogens is 2. The molecule has 0 bridgehead atoms. The molecule has 2 heterocycles. The maximum atomic E-state index is 12.0. The van der Waals surface area contributed by atoms with E-state index >= 15 is 0 Å². The van der Waals surface area contributed by atoms with Gasteiger partial charge < -0.3 is 9.67 Å². The molecule has 0 aliphatic rings. The lowest BCUT2D eigenvalue weighted by Gasteiger charge is -2.05. The fourth-order valence-electron chi connectivity index (χ4n) is 1.41. The fraction of sp³-hybridized carbons (Fsp3) is 0.0909. The van der Waals surface area contributed by atoms with Crippen LogP contribution in [0.4, 0.5) is 5.82 Å². The second-order valence-electron chi connectivity index (χ2n) is 3.86. The summed E-state index contributed by atoms with van der Waals surface area (Å²) < 4.78 is 27.8. The Morgan fingerprint density at radius 2 is 2.11 bits per heavy atom. The molecule has 100 valence electrons. The van der Waals surface area contributed by atoms with Gasteiger partial charge in [-0.1, -0.05) is 0 Å². The summed E-state index contributed by atoms with van der Waals surface area (Å²) in [5.41, 5.74) is -0.0114. The Kier molecular flexibility index (Phi) is 3.26. The first-order valence-electron chi connectivity index (χ1n) is 5.22. The van der Waals surface area contributed by atoms with E-state index < -0.39 is 16.0 Å². The van der Waals surface area contributed by atoms with Crippen molar-refractivity contribution in [2.75, 3.05) is 4.72 Å². The standard InChI is InChI=1S/C11H11N3O4S/c1-14-5-4-9(7-14)19(17,18)13-10-3-2-8(6-12-10)11(15)16/h2-7H,1H3,(H,12,13)(H,15,16). The first-order valence-corrected chi connectivity index (χ1v) is 6.71. The summed E-state index contributed by atoms with van der Waals surface area (Å²) in [5, 5.41) is 8.71. The number of aromatic carboxylic acids is 1. The van der Waals surface area contributed by atoms with Gasteiger partial charge in [0, 0.05) is 25.6 Å². The Bertz CT molecular complexity index is 704. The van der Waals surface area contributed by atoms with Crippen LogP contribution < -0.4 is 4.72 Å². The molecule has 7 nitrogen and oxygen atoms in total. The zero-order valence-electron chi connectivity index (χ0n) is 9.94. The Hall–Kier alpha value is -2.35. The van der Waals surface area contributed by atoms with Crippen molar-refractivity contribution < 1.29 is 18.3 Å². The van der Waals surface area contributed by atoms with Crippen molar-refractivity contribution >= 4 is 21.8 Å². The number of sulfonamides is 1. The summed E-state index contributed by atoms with van der Waals surface area (Å²) in [7, 11) is -2.00. The predicted octanol–water partition coefficient (Wildman–Crippen LogP) is 0.919. The molecule has 8 heteroatoms. The summed E-state index contributed by atoms with van der Waals surface area (Å²) in [6.07, 6.45) is 4.15. The van der Waals surface area contributed by atoms with E-state index in [2.05, 4.69) is 9.71 Å². The van der Waals surface area contributed by atoms with Gasteiger partial charge in [-0.05, 0) is 18.2 Å². The van der Waals surface area contributed by atoms with E-state index in [1.165, 1.54) is 24.4 Å². The largest absolute Gasteiger partial charge is 0.478 e. The third-order valence-electron chi connectivity index (χ3n) is 2.36. The van der Waals surface area contributed by atoms with Crippen LogP contribution in [0.25, 0.3) is 0 Å². The van der Waals surface area contributed by atoms with Crippen LogP contribution in [0.15, 0.2) is 41.7 Å². The molecule has 2 rings (SSSR count). The number of hydrogen-bond acceptors (Lipinski definition) is 4. The van der Waals surface area contributed by atoms with Crippen molar-refractivity contribution in [2.24, 2.45) is 7.05 Å². The summed E-state index contributed by atoms with van der Waals surface area (Å²) >= 11 is 0. The van der Waals surface area contributed by atoms with Gasteiger partial charge in [-0.15, -0.1) is 0 Å². The van der Waals surface area contributed by atoms with Crippen LogP contribution in [0.3, 0.4) is 0 Å². The smallest absolute Gasteiger partial charge is 0.337 e. The van der Waals surface area contributed by atoms with Crippen LogP contribution in [-0.4, -0.2) is 29.0 Å². The van der Waals surface area contributed by atoms with Crippen LogP contribution in [0.2, 0.25) is 0 Å². The number of nitrogens with one attached hydrogen (secondary N) is 1. The number of carbonyl (C=O) groups is 1. The highest BCUT2D eigenvalue weighted by atomic mass is 32.2. The zero-order valence-corrected chi connectivity index (χ0v) is 10.8. The number of aryl methyl sites for hydroxylation is 1. The highest BCUT2D eigenvalue weighted by Crippen LogP contribution is 2.14. The SMILES string of the molecule is Cn1ccc(S(=O)(=O)Nc2ccc(C(=O)O)cn2)c1. The second-order valence-corrected chi connectivity index (χ2v) is 5.54. The topological polar surface area (TPSA) is 101 Å². The lowest BCUT2D eigenvalue weighted by molar-refractivity contribution is 0.0696. The Morgan fingerprint density at radius 1 is 1.37 bits per heavy atom. The summed E-state index contributed by atoms with van der Waals surface area (Å²) in [6, 6.07) is 4.02. The molecule has 0 aliphatic carbocycles. The number of anilines is 1. The Balaban J connectivity index is 2.23. The third kappa shape index (κ3) is 2.91. The first kappa shape index (κ1) is 13.1. The predicted molar refractivity (Wildman–Crippen MR) is 67.4 cm³/mol. The molecule has 0 amide bonds. The average Bonchev–Trinajstić information content (AvgIpc) is 2.77. The molecule has 0 aromatic carbocycles. The van der Waals surface area contributed by atoms with Crippen LogP contribution >= 0.6 is 0 Å². The molecular formula is C11H11N3O4S. The monoisotopic (exact) mass is 281 g/mol. The van der Waals surface area contributed by atoms with E-state index in [0.29, 0.717) is 0 Å². The second kappa shape index (κ2) is 4.73. The first-order chi connectivity index (χ1) is 8.88. The summed E-state index contributed by atoms with van der Waals surface area (Å²) in [5.74, 6) is -1.06. The summed E-state index contributed by atoms with van der Waals surface area (Å²) in [4.78, 5) is 14.5. The highest BCUT2D eigenvalue weighted by Gasteiger charge is 2.16. The molecule has 0 unspecified atom stereocenters. The number of hydrogen-bond donors (Lipinski definition) is 2. The lowest BCUT2D eigenvalue weighted by Crippen LogP contribution is -2.13. The number of carboxylic acids is 1. The van der Waals surface area contributed by atoms with E-state index in [-0.39, 0.29) is 16.3 Å². The maximum absolute atomic E-state index is 12.0. The molecule has 0 radical (unpaired) electrons. The molecule has 0 fully saturated rings. The summed E-state index contributed by atoms with van der Waals surface area (Å²) in [6.45, 7) is 0. The van der Waals surface area contributed by atoms with Crippen molar-refractivity contribution in [3.8, 4) is 0 Å². The van der Waals surface area contributed by atoms with Crippen LogP contribution in [0, 0.1) is 0 Å². The lowest BCUT2D eigenvalue weighted by atomic mass is 10.3. The van der Waals surface area contributed by atoms with Crippen LogP contribution in [0.5, 0.6) is 0 Å². The molecule has 2 aromatic rings. The van der Waals surface area contributed by atoms with E-state index in [1.54, 1.807) is 17.8 Å². The minimum absolute atomic E-state index is 0.0114. The highest BCUT2D eigenvalue weighted by molar-refractivity contribution is 7.92. The Labute approximate surface area is 109 Å². The van der Waals surface area contributed by atoms with E-state index in [0.717, 1.165) is 6.20 Å². The third-order valence-corrected chi connectivity index (χ3v) is 3.70. The zero-order chi connectivity index (χ0) is 14.0. The number of carboxylic acid groups (broad SMARTS) is 1. The van der Waals surface area contributed by atoms with Gasteiger partial charge in [0.25, 0.3) is 10.0 Å². The molecule has 0 saturated carbocycles. The van der Waals surface area contributed by atoms with Gasteiger partial charge in [0.1, 0.15) is 10.7 Å². The molecular weight excluding hydrogens is 270 g/mol. The molecule has 19 heavy (non-hydrogen) atoms. The molecule has 0 aliphatic heterocycles. The van der Waals surface area contributed by atoms with Crippen molar-refractivity contribution in [2.45, 2.75) is 4.90 Å². The molecule has 2 N–H and O–H groups in total. The van der Waals surface area contributed by atoms with Gasteiger partial charge in [-0.2, -0.15) is 0 Å². The van der Waals surface area contributed by atoms with Crippen LogP contribution in [-0.2, 0) is 17.1 Å². The van der Waals surface area contributed by atoms with Gasteiger partial charge in [-0.3, -0.25) is 4.72 Å². The average molecular weight is 281 g/mol. The van der Waals surface area contributed by atoms with Crippen molar-refractivity contribution in [3.05, 3.63) is 42.4 Å². The fourth-order valence-corrected chi connectivity index (χ4v) is 2.47. The minimum atomic E-state index is -3.71. The van der Waals surface area contributed by atoms with Gasteiger partial charge in [0.2, 0.25) is 0 Å². The van der Waals surface area contributed by atoms with Crippen molar-refractivity contribution in [1.29, 1.82) is 0 Å². The minimum Gasteiger partial charge on any atom is -0.478 e. The van der Waals surface area contributed by atoms with Crippen molar-refractivity contribution in [1.82, 2.24) is 9.55 Å². The molecule has 2 aromatic heterocycles. The quantitative estimate of drug-likeness (QED) is 0.867.